The summed E-state index contributed by atoms with van der Waals surface area (Å²) in [7, 11) is 0. The molecule has 1 aliphatic heterocycles. The first-order chi connectivity index (χ1) is 15.1. The summed E-state index contributed by atoms with van der Waals surface area (Å²) in [6.45, 7) is 7.11. The van der Waals surface area contributed by atoms with Crippen LogP contribution in [-0.2, 0) is 14.4 Å². The van der Waals surface area contributed by atoms with Crippen molar-refractivity contribution in [2.75, 3.05) is 13.1 Å². The fourth-order valence-corrected chi connectivity index (χ4v) is 3.38. The van der Waals surface area contributed by atoms with Crippen molar-refractivity contribution in [3.63, 3.8) is 0 Å². The normalized spacial score (nSPS) is 14.6. The average molecular weight is 484 g/mol. The number of nitrogens with one attached hydrogen (secondary N) is 3. The second-order valence-corrected chi connectivity index (χ2v) is 8.62. The van der Waals surface area contributed by atoms with E-state index < -0.39 is 5.91 Å². The highest BCUT2D eigenvalue weighted by molar-refractivity contribution is 6.35. The molecule has 0 saturated carbocycles. The quantitative estimate of drug-likeness (QED) is 0.269. The van der Waals surface area contributed by atoms with Gasteiger partial charge >= 0.3 is 0 Å². The monoisotopic (exact) mass is 483 g/mol. The molecule has 0 aliphatic carbocycles. The van der Waals surface area contributed by atoms with E-state index >= 15 is 0 Å². The van der Waals surface area contributed by atoms with E-state index in [2.05, 4.69) is 10.6 Å². The average Bonchev–Trinajstić information content (AvgIpc) is 2.75. The van der Waals surface area contributed by atoms with Gasteiger partial charge in [-0.3, -0.25) is 14.4 Å². The number of nitrogens with two attached hydrogens (primary N) is 1. The topological polar surface area (TPSA) is 128 Å². The van der Waals surface area contributed by atoms with Gasteiger partial charge < -0.3 is 26.7 Å². The molecule has 0 unspecified atom stereocenters. The van der Waals surface area contributed by atoms with Crippen molar-refractivity contribution in [1.82, 2.24) is 15.5 Å². The van der Waals surface area contributed by atoms with Gasteiger partial charge in [-0.05, 0) is 43.4 Å². The van der Waals surface area contributed by atoms with Crippen LogP contribution in [-0.4, -0.2) is 48.5 Å². The van der Waals surface area contributed by atoms with E-state index in [1.165, 1.54) is 0 Å². The van der Waals surface area contributed by atoms with Gasteiger partial charge in [-0.25, -0.2) is 0 Å². The number of carbonyl (C=O) groups is 3. The van der Waals surface area contributed by atoms with Crippen LogP contribution in [0.25, 0.3) is 0 Å². The molecule has 8 nitrogen and oxygen atoms in total. The molecule has 1 heterocycles. The van der Waals surface area contributed by atoms with E-state index in [-0.39, 0.29) is 23.3 Å². The third-order valence-electron chi connectivity index (χ3n) is 4.86. The zero-order valence-electron chi connectivity index (χ0n) is 18.6. The first-order valence-electron chi connectivity index (χ1n) is 10.3. The standard InChI is InChI=1S/C15H25N5O3.C7H6Cl2/c1-10(2)7-13(22)20-5-3-11(4-6-20)19-15(23)14(17)12(8-16)18-9-21;1-5-6(8)3-2-4-7(5)9/h8-11,16H,3-7,17H2,1-2H3,(H,18,21)(H,19,23);2-4H,1H3/b14-12+,16-8?;. The predicted molar refractivity (Wildman–Crippen MR) is 128 cm³/mol. The lowest BCUT2D eigenvalue weighted by molar-refractivity contribution is -0.133. The highest BCUT2D eigenvalue weighted by Gasteiger charge is 2.25. The Labute approximate surface area is 199 Å². The Morgan fingerprint density at radius 3 is 2.25 bits per heavy atom. The van der Waals surface area contributed by atoms with Gasteiger partial charge in [-0.1, -0.05) is 43.1 Å². The molecule has 1 saturated heterocycles. The minimum absolute atomic E-state index is 0.0398. The number of piperidine rings is 1. The molecule has 0 aromatic heterocycles. The number of amides is 3. The van der Waals surface area contributed by atoms with Gasteiger partial charge in [0.05, 0.1) is 5.70 Å². The summed E-state index contributed by atoms with van der Waals surface area (Å²) < 4.78 is 0. The molecule has 176 valence electrons. The highest BCUT2D eigenvalue weighted by Crippen LogP contribution is 2.22. The summed E-state index contributed by atoms with van der Waals surface area (Å²) in [5.74, 6) is -0.0509. The summed E-state index contributed by atoms with van der Waals surface area (Å²) in [6.07, 6.45) is 3.02. The van der Waals surface area contributed by atoms with Gasteiger partial charge in [-0.15, -0.1) is 0 Å². The molecule has 0 atom stereocenters. The fourth-order valence-electron chi connectivity index (χ4n) is 2.98. The minimum Gasteiger partial charge on any atom is -0.393 e. The molecule has 3 amide bonds. The second-order valence-electron chi connectivity index (χ2n) is 7.81. The summed E-state index contributed by atoms with van der Waals surface area (Å²) in [5.41, 5.74) is 6.34. The number of nitrogens with zero attached hydrogens (tertiary/aromatic N) is 1. The molecule has 2 rings (SSSR count). The highest BCUT2D eigenvalue weighted by atomic mass is 35.5. The van der Waals surface area contributed by atoms with Crippen LogP contribution in [0.4, 0.5) is 0 Å². The van der Waals surface area contributed by atoms with Crippen molar-refractivity contribution in [1.29, 1.82) is 5.41 Å². The van der Waals surface area contributed by atoms with Gasteiger partial charge in [0.1, 0.15) is 5.70 Å². The number of hydrogen-bond donors (Lipinski definition) is 4. The Kier molecular flexibility index (Phi) is 11.8. The Morgan fingerprint density at radius 1 is 1.25 bits per heavy atom. The molecule has 0 radical (unpaired) electrons. The van der Waals surface area contributed by atoms with E-state index in [1.54, 1.807) is 0 Å². The van der Waals surface area contributed by atoms with Crippen LogP contribution in [0.3, 0.4) is 0 Å². The van der Waals surface area contributed by atoms with Crippen molar-refractivity contribution < 1.29 is 14.4 Å². The van der Waals surface area contributed by atoms with Crippen molar-refractivity contribution in [2.24, 2.45) is 11.7 Å². The van der Waals surface area contributed by atoms with E-state index in [9.17, 15) is 14.4 Å². The molecule has 1 fully saturated rings. The van der Waals surface area contributed by atoms with Crippen LogP contribution >= 0.6 is 23.2 Å². The lowest BCUT2D eigenvalue weighted by Crippen LogP contribution is -2.48. The van der Waals surface area contributed by atoms with Crippen molar-refractivity contribution >= 4 is 47.6 Å². The lowest BCUT2D eigenvalue weighted by atomic mass is 10.0. The van der Waals surface area contributed by atoms with Crippen molar-refractivity contribution in [3.05, 3.63) is 45.2 Å². The van der Waals surface area contributed by atoms with Crippen molar-refractivity contribution in [3.8, 4) is 0 Å². The predicted octanol–water partition coefficient (Wildman–Crippen LogP) is 3.01. The second kappa shape index (κ2) is 13.8. The van der Waals surface area contributed by atoms with Crippen molar-refractivity contribution in [2.45, 2.75) is 46.1 Å². The molecule has 32 heavy (non-hydrogen) atoms. The van der Waals surface area contributed by atoms with E-state index in [1.807, 2.05) is 43.9 Å². The van der Waals surface area contributed by atoms with E-state index in [0.717, 1.165) is 21.8 Å². The summed E-state index contributed by atoms with van der Waals surface area (Å²) >= 11 is 11.5. The van der Waals surface area contributed by atoms with Crippen LogP contribution in [0.2, 0.25) is 10.0 Å². The first-order valence-corrected chi connectivity index (χ1v) is 11.1. The Morgan fingerprint density at radius 2 is 1.81 bits per heavy atom. The fraction of sp³-hybridized carbons (Fsp3) is 0.455. The minimum atomic E-state index is -0.523. The maximum absolute atomic E-state index is 12.0. The van der Waals surface area contributed by atoms with Crippen LogP contribution < -0.4 is 16.4 Å². The smallest absolute Gasteiger partial charge is 0.269 e. The van der Waals surface area contributed by atoms with E-state index in [0.29, 0.717) is 44.7 Å². The number of likely N-dealkylation sites (tertiary alicyclic amines) is 1. The Balaban J connectivity index is 0.000000471. The Bertz CT molecular complexity index is 830. The van der Waals surface area contributed by atoms with E-state index in [4.69, 9.17) is 34.3 Å². The largest absolute Gasteiger partial charge is 0.393 e. The molecule has 1 aromatic carbocycles. The Hall–Kier alpha value is -2.58. The van der Waals surface area contributed by atoms with Crippen LogP contribution in [0.1, 0.15) is 38.7 Å². The lowest BCUT2D eigenvalue weighted by Gasteiger charge is -2.33. The van der Waals surface area contributed by atoms with Crippen LogP contribution in [0, 0.1) is 18.3 Å². The third-order valence-corrected chi connectivity index (χ3v) is 5.68. The molecular formula is C22H31Cl2N5O3. The van der Waals surface area contributed by atoms with Crippen LogP contribution in [0.15, 0.2) is 29.6 Å². The third kappa shape index (κ3) is 8.88. The number of hydrogen-bond acceptors (Lipinski definition) is 5. The van der Waals surface area contributed by atoms with Gasteiger partial charge in [0.25, 0.3) is 5.91 Å². The number of allylic oxidation sites excluding steroid dienone is 1. The molecule has 10 heteroatoms. The number of rotatable bonds is 7. The first kappa shape index (κ1) is 27.5. The zero-order chi connectivity index (χ0) is 24.3. The molecule has 0 spiro atoms. The maximum Gasteiger partial charge on any atom is 0.269 e. The number of benzene rings is 1. The SMILES string of the molecule is CC(C)CC(=O)N1CCC(NC(=O)/C(N)=C(/C=N)NC=O)CC1.Cc1c(Cl)cccc1Cl. The molecule has 1 aromatic rings. The summed E-state index contributed by atoms with van der Waals surface area (Å²) in [5, 5.41) is 13.6. The number of carbonyl (C=O) groups excluding carboxylic acids is 3. The zero-order valence-corrected chi connectivity index (χ0v) is 20.1. The maximum atomic E-state index is 12.0. The summed E-state index contributed by atoms with van der Waals surface area (Å²) in [4.78, 5) is 36.2. The summed E-state index contributed by atoms with van der Waals surface area (Å²) in [6, 6.07) is 5.40. The molecule has 0 bridgehead atoms. The molecule has 5 N–H and O–H groups in total. The van der Waals surface area contributed by atoms with Gasteiger partial charge in [-0.2, -0.15) is 0 Å². The van der Waals surface area contributed by atoms with Gasteiger partial charge in [0.15, 0.2) is 0 Å². The van der Waals surface area contributed by atoms with Crippen LogP contribution in [0.5, 0.6) is 0 Å². The molecule has 1 aliphatic rings. The number of halogens is 2. The molecular weight excluding hydrogens is 453 g/mol. The van der Waals surface area contributed by atoms with Gasteiger partial charge in [0, 0.05) is 41.8 Å². The van der Waals surface area contributed by atoms with Gasteiger partial charge in [0.2, 0.25) is 12.3 Å².